The number of rotatable bonds is 6. The van der Waals surface area contributed by atoms with Gasteiger partial charge in [-0.3, -0.25) is 0 Å². The fraction of sp³-hybridized carbons (Fsp3) is 0.400. The van der Waals surface area contributed by atoms with E-state index in [1.54, 1.807) is 20.3 Å². The molecule has 24 heavy (non-hydrogen) atoms. The van der Waals surface area contributed by atoms with E-state index in [2.05, 4.69) is 20.8 Å². The predicted octanol–water partition coefficient (Wildman–Crippen LogP) is 4.21. The molecule has 130 valence electrons. The number of benzene rings is 2. The molecule has 2 rings (SSSR count). The van der Waals surface area contributed by atoms with Gasteiger partial charge in [-0.1, -0.05) is 32.9 Å². The van der Waals surface area contributed by atoms with Crippen LogP contribution in [0.15, 0.2) is 42.5 Å². The van der Waals surface area contributed by atoms with E-state index in [9.17, 15) is 5.11 Å². The zero-order valence-electron chi connectivity index (χ0n) is 15.0. The van der Waals surface area contributed by atoms with Gasteiger partial charge in [-0.15, -0.1) is 0 Å². The van der Waals surface area contributed by atoms with Gasteiger partial charge in [-0.05, 0) is 35.2 Å². The lowest BCUT2D eigenvalue weighted by Gasteiger charge is -2.19. The van der Waals surface area contributed by atoms with Gasteiger partial charge in [0.1, 0.15) is 23.4 Å². The van der Waals surface area contributed by atoms with Gasteiger partial charge in [-0.25, -0.2) is 0 Å². The zero-order valence-corrected chi connectivity index (χ0v) is 15.0. The minimum atomic E-state index is -0.775. The Kier molecular flexibility index (Phi) is 5.73. The molecule has 0 aliphatic carbocycles. The molecule has 0 saturated carbocycles. The van der Waals surface area contributed by atoms with Crippen molar-refractivity contribution in [2.24, 2.45) is 5.41 Å². The molecule has 0 bridgehead atoms. The van der Waals surface area contributed by atoms with Gasteiger partial charge >= 0.3 is 0 Å². The van der Waals surface area contributed by atoms with Crippen LogP contribution >= 0.6 is 0 Å². The number of hydrogen-bond acceptors (Lipinski definition) is 4. The maximum atomic E-state index is 10.7. The van der Waals surface area contributed by atoms with Gasteiger partial charge in [0.15, 0.2) is 0 Å². The van der Waals surface area contributed by atoms with Crippen LogP contribution in [-0.4, -0.2) is 25.9 Å². The number of ether oxygens (including phenoxy) is 3. The second-order valence-corrected chi connectivity index (χ2v) is 6.93. The molecule has 0 aliphatic heterocycles. The van der Waals surface area contributed by atoms with Gasteiger partial charge in [0.05, 0.1) is 20.8 Å². The van der Waals surface area contributed by atoms with E-state index in [-0.39, 0.29) is 5.41 Å². The average Bonchev–Trinajstić information content (AvgIpc) is 2.58. The van der Waals surface area contributed by atoms with Crippen molar-refractivity contribution in [3.63, 3.8) is 0 Å². The highest BCUT2D eigenvalue weighted by Crippen LogP contribution is 2.33. The van der Waals surface area contributed by atoms with Crippen LogP contribution in [0.4, 0.5) is 0 Å². The summed E-state index contributed by atoms with van der Waals surface area (Å²) in [7, 11) is 3.18. The smallest absolute Gasteiger partial charge is 0.128 e. The van der Waals surface area contributed by atoms with Crippen molar-refractivity contribution >= 4 is 0 Å². The van der Waals surface area contributed by atoms with Gasteiger partial charge in [0.2, 0.25) is 0 Å². The maximum absolute atomic E-state index is 10.7. The first-order valence-electron chi connectivity index (χ1n) is 7.97. The van der Waals surface area contributed by atoms with Crippen LogP contribution in [0.1, 0.15) is 38.0 Å². The number of methoxy groups -OCH3 is 2. The number of hydrogen-bond donors (Lipinski definition) is 1. The Morgan fingerprint density at radius 2 is 1.54 bits per heavy atom. The first-order chi connectivity index (χ1) is 11.3. The molecule has 0 spiro atoms. The van der Waals surface area contributed by atoms with E-state index < -0.39 is 6.10 Å². The van der Waals surface area contributed by atoms with E-state index in [1.165, 1.54) is 0 Å². The largest absolute Gasteiger partial charge is 0.497 e. The normalized spacial score (nSPS) is 12.6. The lowest BCUT2D eigenvalue weighted by molar-refractivity contribution is 0.197. The van der Waals surface area contributed by atoms with Gasteiger partial charge < -0.3 is 19.3 Å². The van der Waals surface area contributed by atoms with Crippen LogP contribution in [0, 0.1) is 5.41 Å². The molecule has 4 heteroatoms. The third kappa shape index (κ3) is 4.65. The molecule has 0 heterocycles. The van der Waals surface area contributed by atoms with Crippen molar-refractivity contribution in [3.05, 3.63) is 53.6 Å². The third-order valence-corrected chi connectivity index (χ3v) is 3.60. The Morgan fingerprint density at radius 1 is 0.917 bits per heavy atom. The van der Waals surface area contributed by atoms with Crippen LogP contribution in [0.3, 0.4) is 0 Å². The number of aliphatic hydroxyl groups is 1. The third-order valence-electron chi connectivity index (χ3n) is 3.60. The van der Waals surface area contributed by atoms with Crippen molar-refractivity contribution in [2.75, 3.05) is 20.8 Å². The van der Waals surface area contributed by atoms with E-state index in [1.807, 2.05) is 36.4 Å². The van der Waals surface area contributed by atoms with E-state index in [4.69, 9.17) is 14.2 Å². The average molecular weight is 330 g/mol. The summed E-state index contributed by atoms with van der Waals surface area (Å²) in [6.07, 6.45) is -0.775. The molecule has 4 nitrogen and oxygen atoms in total. The highest BCUT2D eigenvalue weighted by Gasteiger charge is 2.17. The molecule has 0 radical (unpaired) electrons. The summed E-state index contributed by atoms with van der Waals surface area (Å²) in [6, 6.07) is 12.9. The zero-order chi connectivity index (χ0) is 17.7. The van der Waals surface area contributed by atoms with Crippen LogP contribution in [-0.2, 0) is 0 Å². The minimum absolute atomic E-state index is 0.106. The summed E-state index contributed by atoms with van der Waals surface area (Å²) in [6.45, 7) is 7.02. The first-order valence-corrected chi connectivity index (χ1v) is 7.97. The van der Waals surface area contributed by atoms with Crippen molar-refractivity contribution in [1.82, 2.24) is 0 Å². The van der Waals surface area contributed by atoms with Crippen molar-refractivity contribution in [3.8, 4) is 17.2 Å². The lowest BCUT2D eigenvalue weighted by atomic mass is 9.98. The van der Waals surface area contributed by atoms with Crippen molar-refractivity contribution < 1.29 is 19.3 Å². The molecule has 1 atom stereocenters. The Labute approximate surface area is 144 Å². The fourth-order valence-electron chi connectivity index (χ4n) is 2.27. The summed E-state index contributed by atoms with van der Waals surface area (Å²) >= 11 is 0. The summed E-state index contributed by atoms with van der Waals surface area (Å²) < 4.78 is 16.3. The second kappa shape index (κ2) is 7.58. The van der Waals surface area contributed by atoms with Crippen LogP contribution in [0.5, 0.6) is 17.2 Å². The molecular formula is C20H26O4. The quantitative estimate of drug-likeness (QED) is 0.862. The van der Waals surface area contributed by atoms with E-state index in [0.717, 1.165) is 11.3 Å². The minimum Gasteiger partial charge on any atom is -0.497 e. The lowest BCUT2D eigenvalue weighted by Crippen LogP contribution is -2.16. The van der Waals surface area contributed by atoms with E-state index in [0.29, 0.717) is 23.7 Å². The molecule has 2 aromatic rings. The molecule has 2 aromatic carbocycles. The van der Waals surface area contributed by atoms with Crippen LogP contribution < -0.4 is 14.2 Å². The monoisotopic (exact) mass is 330 g/mol. The summed E-state index contributed by atoms with van der Waals surface area (Å²) in [5.41, 5.74) is 1.58. The number of aliphatic hydroxyl groups excluding tert-OH is 1. The fourth-order valence-corrected chi connectivity index (χ4v) is 2.27. The van der Waals surface area contributed by atoms with Crippen LogP contribution in [0.2, 0.25) is 0 Å². The summed E-state index contributed by atoms with van der Waals surface area (Å²) in [5.74, 6) is 2.08. The summed E-state index contributed by atoms with van der Waals surface area (Å²) in [5, 5.41) is 10.7. The predicted molar refractivity (Wildman–Crippen MR) is 95.0 cm³/mol. The van der Waals surface area contributed by atoms with Crippen LogP contribution in [0.25, 0.3) is 0 Å². The second-order valence-electron chi connectivity index (χ2n) is 6.93. The Hall–Kier alpha value is -2.20. The highest BCUT2D eigenvalue weighted by atomic mass is 16.5. The molecule has 1 unspecified atom stereocenters. The molecule has 0 aliphatic rings. The molecule has 0 amide bonds. The summed E-state index contributed by atoms with van der Waals surface area (Å²) in [4.78, 5) is 0. The molecular weight excluding hydrogens is 304 g/mol. The highest BCUT2D eigenvalue weighted by molar-refractivity contribution is 5.45. The SMILES string of the molecule is COc1ccc(C(O)c2ccc(OCC(C)(C)C)cc2)c(OC)c1. The van der Waals surface area contributed by atoms with Crippen molar-refractivity contribution in [2.45, 2.75) is 26.9 Å². The molecule has 0 aromatic heterocycles. The maximum Gasteiger partial charge on any atom is 0.128 e. The molecule has 0 fully saturated rings. The molecule has 0 saturated heterocycles. The van der Waals surface area contributed by atoms with Gasteiger partial charge in [0.25, 0.3) is 0 Å². The first kappa shape index (κ1) is 18.1. The van der Waals surface area contributed by atoms with Gasteiger partial charge in [-0.2, -0.15) is 0 Å². The van der Waals surface area contributed by atoms with E-state index >= 15 is 0 Å². The Morgan fingerprint density at radius 3 is 2.08 bits per heavy atom. The van der Waals surface area contributed by atoms with Gasteiger partial charge in [0, 0.05) is 11.6 Å². The van der Waals surface area contributed by atoms with Crippen molar-refractivity contribution in [1.29, 1.82) is 0 Å². The topological polar surface area (TPSA) is 47.9 Å². The molecule has 1 N–H and O–H groups in total. The Balaban J connectivity index is 2.16. The standard InChI is InChI=1S/C20H26O4/c1-20(2,3)13-24-15-8-6-14(7-9-15)19(21)17-11-10-16(22-4)12-18(17)23-5/h6-12,19,21H,13H2,1-5H3. The Bertz CT molecular complexity index is 656.